The largest absolute Gasteiger partial charge is 0.313 e. The number of hydrogen-bond donors (Lipinski definition) is 1. The van der Waals surface area contributed by atoms with Crippen molar-refractivity contribution in [2.45, 2.75) is 71.8 Å². The summed E-state index contributed by atoms with van der Waals surface area (Å²) in [5.74, 6) is 4.21. The molecule has 4 rings (SSSR count). The van der Waals surface area contributed by atoms with Crippen molar-refractivity contribution < 1.29 is 0 Å². The second-order valence-corrected chi connectivity index (χ2v) is 8.91. The van der Waals surface area contributed by atoms with Crippen molar-refractivity contribution in [3.63, 3.8) is 0 Å². The van der Waals surface area contributed by atoms with Crippen LogP contribution in [0.2, 0.25) is 0 Å². The molecule has 0 spiro atoms. The van der Waals surface area contributed by atoms with Crippen LogP contribution in [0.4, 0.5) is 0 Å². The first-order chi connectivity index (χ1) is 9.02. The first kappa shape index (κ1) is 12.7. The van der Waals surface area contributed by atoms with E-state index in [1.54, 1.807) is 0 Å². The molecule has 3 atom stereocenters. The van der Waals surface area contributed by atoms with Crippen LogP contribution in [0.25, 0.3) is 0 Å². The molecule has 4 saturated carbocycles. The maximum atomic E-state index is 4.05. The second kappa shape index (κ2) is 4.00. The smallest absolute Gasteiger partial charge is 0.0129 e. The summed E-state index contributed by atoms with van der Waals surface area (Å²) in [6.45, 7) is 8.97. The fraction of sp³-hybridized carbons (Fsp3) is 1.00. The number of rotatable bonds is 5. The van der Waals surface area contributed by atoms with Crippen molar-refractivity contribution in [1.82, 2.24) is 5.32 Å². The average molecular weight is 261 g/mol. The molecule has 1 N–H and O–H groups in total. The molecule has 1 heteroatoms. The fourth-order valence-electron chi connectivity index (χ4n) is 5.56. The molecule has 4 fully saturated rings. The monoisotopic (exact) mass is 261 g/mol. The Morgan fingerprint density at radius 3 is 2.05 bits per heavy atom. The van der Waals surface area contributed by atoms with Crippen LogP contribution < -0.4 is 5.32 Å². The molecule has 4 aliphatic rings. The van der Waals surface area contributed by atoms with Gasteiger partial charge in [-0.1, -0.05) is 20.8 Å². The third kappa shape index (κ3) is 1.83. The third-order valence-electron chi connectivity index (χ3n) is 7.85. The molecule has 3 unspecified atom stereocenters. The van der Waals surface area contributed by atoms with Crippen molar-refractivity contribution >= 4 is 0 Å². The predicted octanol–water partition coefficient (Wildman–Crippen LogP) is 4.23. The highest BCUT2D eigenvalue weighted by Crippen LogP contribution is 2.65. The van der Waals surface area contributed by atoms with Gasteiger partial charge in [-0.2, -0.15) is 0 Å². The molecule has 0 amide bonds. The van der Waals surface area contributed by atoms with Crippen LogP contribution in [-0.4, -0.2) is 12.6 Å². The van der Waals surface area contributed by atoms with Gasteiger partial charge >= 0.3 is 0 Å². The first-order valence-electron chi connectivity index (χ1n) is 8.76. The maximum absolute atomic E-state index is 4.05. The zero-order chi connectivity index (χ0) is 13.3. The molecular weight excluding hydrogens is 230 g/mol. The highest BCUT2D eigenvalue weighted by molar-refractivity contribution is 5.13. The molecule has 0 heterocycles. The van der Waals surface area contributed by atoms with Crippen molar-refractivity contribution in [3.8, 4) is 0 Å². The van der Waals surface area contributed by atoms with E-state index in [0.717, 1.165) is 29.7 Å². The van der Waals surface area contributed by atoms with Gasteiger partial charge in [0.25, 0.3) is 0 Å². The summed E-state index contributed by atoms with van der Waals surface area (Å²) in [7, 11) is 0. The number of hydrogen-bond acceptors (Lipinski definition) is 1. The van der Waals surface area contributed by atoms with Gasteiger partial charge in [0.1, 0.15) is 0 Å². The lowest BCUT2D eigenvalue weighted by molar-refractivity contribution is 0.117. The average Bonchev–Trinajstić information content (AvgIpc) is 3.25. The number of fused-ring (bicyclic) bond motifs is 2. The van der Waals surface area contributed by atoms with Crippen molar-refractivity contribution in [2.75, 3.05) is 6.54 Å². The quantitative estimate of drug-likeness (QED) is 0.781. The Kier molecular flexibility index (Phi) is 2.67. The van der Waals surface area contributed by atoms with Crippen LogP contribution in [-0.2, 0) is 0 Å². The third-order valence-corrected chi connectivity index (χ3v) is 7.85. The summed E-state index contributed by atoms with van der Waals surface area (Å²) in [4.78, 5) is 0. The molecular formula is C18H31N. The Labute approximate surface area is 118 Å². The SMILES string of the molecule is CC1(C)C2CCC1(C)C(NCC(C1CC1)C1CC1)C2. The summed E-state index contributed by atoms with van der Waals surface area (Å²) in [6, 6.07) is 0.807. The lowest BCUT2D eigenvalue weighted by atomic mass is 9.69. The molecule has 0 aromatic rings. The van der Waals surface area contributed by atoms with Gasteiger partial charge in [-0.05, 0) is 86.0 Å². The van der Waals surface area contributed by atoms with Crippen LogP contribution in [0.1, 0.15) is 65.7 Å². The van der Waals surface area contributed by atoms with E-state index in [-0.39, 0.29) is 0 Å². The summed E-state index contributed by atoms with van der Waals surface area (Å²) in [6.07, 6.45) is 10.5. The van der Waals surface area contributed by atoms with Crippen molar-refractivity contribution in [1.29, 1.82) is 0 Å². The Morgan fingerprint density at radius 1 is 1.00 bits per heavy atom. The van der Waals surface area contributed by atoms with Gasteiger partial charge < -0.3 is 5.32 Å². The molecule has 0 saturated heterocycles. The van der Waals surface area contributed by atoms with Crippen molar-refractivity contribution in [3.05, 3.63) is 0 Å². The van der Waals surface area contributed by atoms with E-state index >= 15 is 0 Å². The Hall–Kier alpha value is -0.0400. The van der Waals surface area contributed by atoms with Gasteiger partial charge in [0.15, 0.2) is 0 Å². The zero-order valence-corrected chi connectivity index (χ0v) is 13.0. The molecule has 4 aliphatic carbocycles. The molecule has 19 heavy (non-hydrogen) atoms. The van der Waals surface area contributed by atoms with E-state index in [0.29, 0.717) is 10.8 Å². The van der Waals surface area contributed by atoms with E-state index in [9.17, 15) is 0 Å². The van der Waals surface area contributed by atoms with E-state index in [4.69, 9.17) is 0 Å². The lowest BCUT2D eigenvalue weighted by Crippen LogP contribution is -2.46. The number of nitrogens with one attached hydrogen (secondary N) is 1. The maximum Gasteiger partial charge on any atom is 0.0129 e. The molecule has 0 aliphatic heterocycles. The second-order valence-electron chi connectivity index (χ2n) is 8.91. The van der Waals surface area contributed by atoms with E-state index in [2.05, 4.69) is 26.1 Å². The van der Waals surface area contributed by atoms with Gasteiger partial charge in [0.05, 0.1) is 0 Å². The minimum Gasteiger partial charge on any atom is -0.313 e. The van der Waals surface area contributed by atoms with Gasteiger partial charge in [-0.15, -0.1) is 0 Å². The fourth-order valence-corrected chi connectivity index (χ4v) is 5.56. The summed E-state index contributed by atoms with van der Waals surface area (Å²) in [5, 5.41) is 4.05. The molecule has 0 radical (unpaired) electrons. The van der Waals surface area contributed by atoms with E-state index < -0.39 is 0 Å². The van der Waals surface area contributed by atoms with Crippen molar-refractivity contribution in [2.24, 2.45) is 34.5 Å². The standard InChI is InChI=1S/C18H31N/c1-17(2)14-8-9-18(17,3)16(10-14)19-11-15(12-4-5-12)13-6-7-13/h12-16,19H,4-11H2,1-3H3. The molecule has 0 aromatic carbocycles. The summed E-state index contributed by atoms with van der Waals surface area (Å²) >= 11 is 0. The minimum atomic E-state index is 0.565. The Bertz CT molecular complexity index is 354. The molecule has 108 valence electrons. The predicted molar refractivity (Wildman–Crippen MR) is 80.0 cm³/mol. The molecule has 2 bridgehead atoms. The zero-order valence-electron chi connectivity index (χ0n) is 13.0. The van der Waals surface area contributed by atoms with Gasteiger partial charge in [-0.3, -0.25) is 0 Å². The van der Waals surface area contributed by atoms with Gasteiger partial charge in [-0.25, -0.2) is 0 Å². The van der Waals surface area contributed by atoms with Gasteiger partial charge in [0.2, 0.25) is 0 Å². The highest BCUT2D eigenvalue weighted by atomic mass is 15.0. The van der Waals surface area contributed by atoms with Crippen LogP contribution in [0.3, 0.4) is 0 Å². The molecule has 1 nitrogen and oxygen atoms in total. The molecule has 0 aromatic heterocycles. The summed E-state index contributed by atoms with van der Waals surface area (Å²) < 4.78 is 0. The van der Waals surface area contributed by atoms with Crippen LogP contribution in [0, 0.1) is 34.5 Å². The van der Waals surface area contributed by atoms with Crippen LogP contribution >= 0.6 is 0 Å². The highest BCUT2D eigenvalue weighted by Gasteiger charge is 2.61. The van der Waals surface area contributed by atoms with Gasteiger partial charge in [0, 0.05) is 6.04 Å². The Balaban J connectivity index is 1.41. The normalized spacial score (nSPS) is 44.2. The summed E-state index contributed by atoms with van der Waals surface area (Å²) in [5.41, 5.74) is 1.13. The van der Waals surface area contributed by atoms with E-state index in [1.165, 1.54) is 51.5 Å². The Morgan fingerprint density at radius 2 is 1.63 bits per heavy atom. The van der Waals surface area contributed by atoms with Crippen LogP contribution in [0.5, 0.6) is 0 Å². The van der Waals surface area contributed by atoms with E-state index in [1.807, 2.05) is 0 Å². The first-order valence-corrected chi connectivity index (χ1v) is 8.76. The lowest BCUT2D eigenvalue weighted by Gasteiger charge is -2.40. The van der Waals surface area contributed by atoms with Crippen LogP contribution in [0.15, 0.2) is 0 Å². The topological polar surface area (TPSA) is 12.0 Å². The minimum absolute atomic E-state index is 0.565.